The van der Waals surface area contributed by atoms with Gasteiger partial charge in [-0.25, -0.2) is 4.98 Å². The summed E-state index contributed by atoms with van der Waals surface area (Å²) in [6.07, 6.45) is 7.13. The van der Waals surface area contributed by atoms with Gasteiger partial charge in [0.05, 0.1) is 18.0 Å². The molecule has 0 bridgehead atoms. The number of pyridine rings is 2. The molecule has 3 aromatic rings. The molecule has 1 aromatic carbocycles. The Labute approximate surface area is 199 Å². The van der Waals surface area contributed by atoms with E-state index in [0.717, 1.165) is 22.4 Å². The van der Waals surface area contributed by atoms with E-state index in [1.807, 2.05) is 69.7 Å². The Balaban J connectivity index is 2.22. The fourth-order valence-corrected chi connectivity index (χ4v) is 3.51. The van der Waals surface area contributed by atoms with Gasteiger partial charge in [-0.3, -0.25) is 9.59 Å². The molecule has 4 N–H and O–H groups in total. The van der Waals surface area contributed by atoms with Crippen molar-refractivity contribution in [3.8, 4) is 5.69 Å². The maximum Gasteiger partial charge on any atom is 0.256 e. The van der Waals surface area contributed by atoms with Gasteiger partial charge >= 0.3 is 0 Å². The van der Waals surface area contributed by atoms with Crippen LogP contribution in [0.1, 0.15) is 50.5 Å². The highest BCUT2D eigenvalue weighted by Gasteiger charge is 2.19. The standard InChI is InChI=1S/C27H32N4O3/c1-17(2)30-26(33)23-16-31(25-22(24(23)32)11-8-12-29-25)21-10-7-9-19(14-21)20(15-28-6)13-18(3)27(4,5)34/h7-17,28,34H,1-6H3,(H,30,33)/p+1/b18-13+,20-15+. The summed E-state index contributed by atoms with van der Waals surface area (Å²) in [5.74, 6) is -0.416. The van der Waals surface area contributed by atoms with Crippen molar-refractivity contribution >= 4 is 22.5 Å². The van der Waals surface area contributed by atoms with E-state index >= 15 is 0 Å². The first-order valence-corrected chi connectivity index (χ1v) is 11.4. The van der Waals surface area contributed by atoms with Crippen LogP contribution in [0, 0.1) is 0 Å². The Hall–Kier alpha value is -3.55. The van der Waals surface area contributed by atoms with Gasteiger partial charge in [-0.2, -0.15) is 0 Å². The number of fused-ring (bicyclic) bond motifs is 1. The zero-order valence-electron chi connectivity index (χ0n) is 20.6. The maximum absolute atomic E-state index is 13.1. The van der Waals surface area contributed by atoms with Gasteiger partial charge in [0.1, 0.15) is 17.4 Å². The molecule has 1 amide bonds. The van der Waals surface area contributed by atoms with Gasteiger partial charge in [0, 0.05) is 29.7 Å². The summed E-state index contributed by atoms with van der Waals surface area (Å²) in [6, 6.07) is 11.1. The molecule has 0 spiro atoms. The molecule has 34 heavy (non-hydrogen) atoms. The van der Waals surface area contributed by atoms with Crippen LogP contribution in [0.25, 0.3) is 22.3 Å². The third kappa shape index (κ3) is 5.50. The van der Waals surface area contributed by atoms with Crippen LogP contribution in [-0.2, 0) is 0 Å². The number of aromatic nitrogens is 2. The predicted molar refractivity (Wildman–Crippen MR) is 136 cm³/mol. The van der Waals surface area contributed by atoms with Crippen molar-refractivity contribution in [2.24, 2.45) is 0 Å². The molecule has 7 heteroatoms. The highest BCUT2D eigenvalue weighted by molar-refractivity contribution is 5.97. The highest BCUT2D eigenvalue weighted by atomic mass is 16.3. The normalized spacial score (nSPS) is 12.9. The number of nitrogens with one attached hydrogen (secondary N) is 1. The Morgan fingerprint density at radius 2 is 1.97 bits per heavy atom. The molecule has 0 fully saturated rings. The topological polar surface area (TPSA) is 101 Å². The van der Waals surface area contributed by atoms with Crippen LogP contribution in [0.2, 0.25) is 0 Å². The largest absolute Gasteiger partial charge is 0.386 e. The van der Waals surface area contributed by atoms with E-state index < -0.39 is 11.5 Å². The smallest absolute Gasteiger partial charge is 0.256 e. The monoisotopic (exact) mass is 461 g/mol. The molecule has 7 nitrogen and oxygen atoms in total. The lowest BCUT2D eigenvalue weighted by atomic mass is 9.95. The van der Waals surface area contributed by atoms with Crippen LogP contribution in [-0.4, -0.2) is 39.3 Å². The molecule has 3 rings (SSSR count). The quantitative estimate of drug-likeness (QED) is 0.471. The van der Waals surface area contributed by atoms with E-state index in [1.165, 1.54) is 0 Å². The van der Waals surface area contributed by atoms with Gasteiger partial charge in [-0.05, 0) is 76.1 Å². The Bertz CT molecular complexity index is 1330. The first-order chi connectivity index (χ1) is 16.0. The number of amides is 1. The summed E-state index contributed by atoms with van der Waals surface area (Å²) in [7, 11) is 1.94. The number of quaternary nitrogens is 1. The zero-order chi connectivity index (χ0) is 25.0. The van der Waals surface area contributed by atoms with Crippen molar-refractivity contribution in [1.29, 1.82) is 0 Å². The zero-order valence-corrected chi connectivity index (χ0v) is 20.6. The van der Waals surface area contributed by atoms with Crippen LogP contribution >= 0.6 is 0 Å². The van der Waals surface area contributed by atoms with Crippen LogP contribution < -0.4 is 16.1 Å². The van der Waals surface area contributed by atoms with Crippen molar-refractivity contribution < 1.29 is 15.2 Å². The molecular weight excluding hydrogens is 428 g/mol. The summed E-state index contributed by atoms with van der Waals surface area (Å²) in [6.45, 7) is 9.11. The molecule has 0 unspecified atom stereocenters. The number of hydrogen-bond donors (Lipinski definition) is 3. The van der Waals surface area contributed by atoms with Crippen LogP contribution in [0.3, 0.4) is 0 Å². The predicted octanol–water partition coefficient (Wildman–Crippen LogP) is 2.78. The lowest BCUT2D eigenvalue weighted by molar-refractivity contribution is -0.555. The van der Waals surface area contributed by atoms with E-state index in [4.69, 9.17) is 0 Å². The third-order valence-corrected chi connectivity index (χ3v) is 5.57. The number of nitrogens with two attached hydrogens (primary N) is 1. The highest BCUT2D eigenvalue weighted by Crippen LogP contribution is 2.25. The minimum atomic E-state index is -0.943. The summed E-state index contributed by atoms with van der Waals surface area (Å²) in [5, 5.41) is 15.5. The van der Waals surface area contributed by atoms with Gasteiger partial charge in [0.25, 0.3) is 5.91 Å². The van der Waals surface area contributed by atoms with E-state index in [-0.39, 0.29) is 17.0 Å². The van der Waals surface area contributed by atoms with Crippen molar-refractivity contribution in [1.82, 2.24) is 14.9 Å². The second-order valence-corrected chi connectivity index (χ2v) is 9.14. The summed E-state index contributed by atoms with van der Waals surface area (Å²) in [4.78, 5) is 30.3. The van der Waals surface area contributed by atoms with Crippen LogP contribution in [0.15, 0.2) is 71.4 Å². The summed E-state index contributed by atoms with van der Waals surface area (Å²) >= 11 is 0. The number of hydrogen-bond acceptors (Lipinski definition) is 4. The summed E-state index contributed by atoms with van der Waals surface area (Å²) in [5.41, 5.74) is 2.69. The molecule has 0 saturated heterocycles. The fourth-order valence-electron chi connectivity index (χ4n) is 3.51. The fraction of sp³-hybridized carbons (Fsp3) is 0.296. The minimum Gasteiger partial charge on any atom is -0.386 e. The van der Waals surface area contributed by atoms with Gasteiger partial charge in [-0.1, -0.05) is 12.1 Å². The van der Waals surface area contributed by atoms with Gasteiger partial charge in [-0.15, -0.1) is 0 Å². The average Bonchev–Trinajstić information content (AvgIpc) is 2.78. The first-order valence-electron chi connectivity index (χ1n) is 11.4. The van der Waals surface area contributed by atoms with E-state index in [2.05, 4.69) is 10.3 Å². The average molecular weight is 462 g/mol. The number of rotatable bonds is 7. The van der Waals surface area contributed by atoms with Crippen molar-refractivity contribution in [3.63, 3.8) is 0 Å². The molecule has 178 valence electrons. The molecule has 2 aromatic heterocycles. The van der Waals surface area contributed by atoms with E-state index in [9.17, 15) is 14.7 Å². The van der Waals surface area contributed by atoms with Gasteiger partial charge < -0.3 is 20.3 Å². The third-order valence-electron chi connectivity index (χ3n) is 5.57. The van der Waals surface area contributed by atoms with Gasteiger partial charge in [0.15, 0.2) is 0 Å². The number of nitrogens with zero attached hydrogens (tertiary/aromatic N) is 2. The number of carbonyl (C=O) groups excluding carboxylic acids is 1. The first kappa shape index (κ1) is 25.1. The lowest BCUT2D eigenvalue weighted by Gasteiger charge is -2.19. The molecule has 2 heterocycles. The lowest BCUT2D eigenvalue weighted by Crippen LogP contribution is -2.72. The van der Waals surface area contributed by atoms with E-state index in [0.29, 0.717) is 11.0 Å². The SMILES string of the molecule is C[NH2+]/C=C(\C=C(/C)C(C)(C)O)c1cccc(-n2cc(C(=O)NC(C)C)c(=O)c3cccnc32)c1. The van der Waals surface area contributed by atoms with E-state index in [1.54, 1.807) is 42.9 Å². The molecule has 0 atom stereocenters. The van der Waals surface area contributed by atoms with Crippen molar-refractivity contribution in [3.05, 3.63) is 88.0 Å². The molecule has 0 saturated carbocycles. The maximum atomic E-state index is 13.1. The van der Waals surface area contributed by atoms with Crippen molar-refractivity contribution in [2.75, 3.05) is 7.05 Å². The second-order valence-electron chi connectivity index (χ2n) is 9.14. The number of allylic oxidation sites excluding steroid dienone is 2. The number of benzene rings is 1. The number of aliphatic hydroxyl groups is 1. The second kappa shape index (κ2) is 10.2. The number of carbonyl (C=O) groups is 1. The Morgan fingerprint density at radius 3 is 2.62 bits per heavy atom. The Morgan fingerprint density at radius 1 is 1.24 bits per heavy atom. The van der Waals surface area contributed by atoms with Gasteiger partial charge in [0.2, 0.25) is 5.43 Å². The molecular formula is C27H33N4O3+. The Kier molecular flexibility index (Phi) is 7.49. The summed E-state index contributed by atoms with van der Waals surface area (Å²) < 4.78 is 1.77. The van der Waals surface area contributed by atoms with Crippen molar-refractivity contribution in [2.45, 2.75) is 46.3 Å². The molecule has 0 radical (unpaired) electrons. The molecule has 0 aliphatic heterocycles. The minimum absolute atomic E-state index is 0.0648. The molecule has 0 aliphatic carbocycles. The van der Waals surface area contributed by atoms with Crippen LogP contribution in [0.5, 0.6) is 0 Å². The molecule has 0 aliphatic rings. The van der Waals surface area contributed by atoms with Crippen LogP contribution in [0.4, 0.5) is 0 Å².